The molecule has 1 fully saturated rings. The van der Waals surface area contributed by atoms with Crippen molar-refractivity contribution in [1.82, 2.24) is 9.62 Å². The molecule has 2 aromatic carbocycles. The van der Waals surface area contributed by atoms with E-state index in [1.807, 2.05) is 18.2 Å². The van der Waals surface area contributed by atoms with Gasteiger partial charge in [-0.3, -0.25) is 4.79 Å². The first-order valence-corrected chi connectivity index (χ1v) is 10.7. The molecule has 29 heavy (non-hydrogen) atoms. The average Bonchev–Trinajstić information content (AvgIpc) is 2.73. The molecule has 0 aliphatic carbocycles. The Balaban J connectivity index is 1.46. The van der Waals surface area contributed by atoms with Crippen LogP contribution in [0, 0.1) is 17.6 Å². The number of carbonyl (C=O) groups excluding carboxylic acids is 1. The molecule has 156 valence electrons. The number of sulfonamides is 1. The van der Waals surface area contributed by atoms with E-state index in [1.54, 1.807) is 17.0 Å². The van der Waals surface area contributed by atoms with Gasteiger partial charge in [-0.05, 0) is 49.1 Å². The number of rotatable bonds is 7. The Bertz CT molecular complexity index is 946. The number of hydrogen-bond donors (Lipinski definition) is 1. The maximum Gasteiger partial charge on any atom is 0.260 e. The van der Waals surface area contributed by atoms with Gasteiger partial charge in [-0.15, -0.1) is 0 Å². The van der Waals surface area contributed by atoms with Crippen LogP contribution >= 0.6 is 0 Å². The topological polar surface area (TPSA) is 75.7 Å². The summed E-state index contributed by atoms with van der Waals surface area (Å²) in [6.07, 6.45) is 1.20. The summed E-state index contributed by atoms with van der Waals surface area (Å²) in [5, 5.41) is 0. The highest BCUT2D eigenvalue weighted by atomic mass is 32.2. The molecule has 0 radical (unpaired) electrons. The van der Waals surface area contributed by atoms with E-state index in [1.165, 1.54) is 0 Å². The van der Waals surface area contributed by atoms with Gasteiger partial charge >= 0.3 is 0 Å². The summed E-state index contributed by atoms with van der Waals surface area (Å²) < 4.78 is 59.3. The summed E-state index contributed by atoms with van der Waals surface area (Å²) in [5.41, 5.74) is 0. The molecule has 0 bridgehead atoms. The van der Waals surface area contributed by atoms with Crippen molar-refractivity contribution < 1.29 is 26.7 Å². The smallest absolute Gasteiger partial charge is 0.260 e. The summed E-state index contributed by atoms with van der Waals surface area (Å²) in [4.78, 5) is 13.2. The number of carbonyl (C=O) groups is 1. The summed E-state index contributed by atoms with van der Waals surface area (Å²) in [5.74, 6) is -1.33. The summed E-state index contributed by atoms with van der Waals surface area (Å²) >= 11 is 0. The van der Waals surface area contributed by atoms with Gasteiger partial charge in [0.2, 0.25) is 10.0 Å². The van der Waals surface area contributed by atoms with Gasteiger partial charge in [0.15, 0.2) is 6.61 Å². The van der Waals surface area contributed by atoms with Crippen LogP contribution in [0.2, 0.25) is 0 Å². The van der Waals surface area contributed by atoms with Crippen molar-refractivity contribution in [2.45, 2.75) is 17.7 Å². The molecule has 0 aromatic heterocycles. The van der Waals surface area contributed by atoms with E-state index >= 15 is 0 Å². The van der Waals surface area contributed by atoms with Crippen LogP contribution in [0.5, 0.6) is 5.75 Å². The fourth-order valence-electron chi connectivity index (χ4n) is 3.13. The molecule has 1 amide bonds. The minimum atomic E-state index is -4.15. The maximum absolute atomic E-state index is 13.7. The fourth-order valence-corrected chi connectivity index (χ4v) is 4.33. The molecule has 0 unspecified atom stereocenters. The molecule has 2 aromatic rings. The van der Waals surface area contributed by atoms with Crippen molar-refractivity contribution in [3.05, 3.63) is 60.2 Å². The minimum absolute atomic E-state index is 0.000451. The number of ether oxygens (including phenoxy) is 1. The molecular formula is C20H22F2N2O4S. The molecule has 9 heteroatoms. The Morgan fingerprint density at radius 2 is 1.79 bits per heavy atom. The van der Waals surface area contributed by atoms with Gasteiger partial charge in [-0.2, -0.15) is 0 Å². The van der Waals surface area contributed by atoms with Crippen LogP contribution in [0.1, 0.15) is 12.8 Å². The van der Waals surface area contributed by atoms with Gasteiger partial charge in [0, 0.05) is 19.6 Å². The lowest BCUT2D eigenvalue weighted by Crippen LogP contribution is -2.43. The van der Waals surface area contributed by atoms with Gasteiger partial charge < -0.3 is 9.64 Å². The predicted molar refractivity (Wildman–Crippen MR) is 103 cm³/mol. The lowest BCUT2D eigenvalue weighted by Gasteiger charge is -2.32. The third-order valence-electron chi connectivity index (χ3n) is 4.82. The Labute approximate surface area is 168 Å². The molecule has 6 nitrogen and oxygen atoms in total. The second-order valence-corrected chi connectivity index (χ2v) is 8.59. The highest BCUT2D eigenvalue weighted by Crippen LogP contribution is 2.20. The summed E-state index contributed by atoms with van der Waals surface area (Å²) in [7, 11) is -4.15. The number of piperidine rings is 1. The van der Waals surface area contributed by atoms with Gasteiger partial charge in [0.25, 0.3) is 5.91 Å². The van der Waals surface area contributed by atoms with E-state index in [0.717, 1.165) is 12.1 Å². The van der Waals surface area contributed by atoms with Crippen LogP contribution in [0.4, 0.5) is 8.78 Å². The molecule has 1 aliphatic heterocycles. The first-order valence-electron chi connectivity index (χ1n) is 9.25. The number of benzene rings is 2. The lowest BCUT2D eigenvalue weighted by molar-refractivity contribution is -0.134. The Morgan fingerprint density at radius 1 is 1.10 bits per heavy atom. The Kier molecular flexibility index (Phi) is 6.81. The maximum atomic E-state index is 13.7. The molecule has 1 N–H and O–H groups in total. The van der Waals surface area contributed by atoms with E-state index in [0.29, 0.717) is 37.7 Å². The highest BCUT2D eigenvalue weighted by Gasteiger charge is 2.26. The molecule has 1 aliphatic rings. The van der Waals surface area contributed by atoms with Gasteiger partial charge in [0.05, 0.1) is 0 Å². The summed E-state index contributed by atoms with van der Waals surface area (Å²) in [6.45, 7) is 1.01. The van der Waals surface area contributed by atoms with E-state index < -0.39 is 26.6 Å². The van der Waals surface area contributed by atoms with E-state index in [4.69, 9.17) is 4.74 Å². The van der Waals surface area contributed by atoms with Crippen LogP contribution < -0.4 is 9.46 Å². The van der Waals surface area contributed by atoms with Crippen LogP contribution in [-0.2, 0) is 14.8 Å². The van der Waals surface area contributed by atoms with Crippen LogP contribution in [0.25, 0.3) is 0 Å². The lowest BCUT2D eigenvalue weighted by atomic mass is 9.97. The number of nitrogens with zero attached hydrogens (tertiary/aromatic N) is 1. The largest absolute Gasteiger partial charge is 0.484 e. The predicted octanol–water partition coefficient (Wildman–Crippen LogP) is 2.56. The van der Waals surface area contributed by atoms with Crippen molar-refractivity contribution in [3.63, 3.8) is 0 Å². The Hall–Kier alpha value is -2.52. The van der Waals surface area contributed by atoms with Crippen molar-refractivity contribution in [2.75, 3.05) is 26.2 Å². The monoisotopic (exact) mass is 424 g/mol. The third-order valence-corrected chi connectivity index (χ3v) is 6.26. The molecule has 0 saturated carbocycles. The summed E-state index contributed by atoms with van der Waals surface area (Å²) in [6, 6.07) is 11.3. The number of halogens is 2. The molecule has 3 rings (SSSR count). The molecular weight excluding hydrogens is 402 g/mol. The van der Waals surface area contributed by atoms with Crippen molar-refractivity contribution in [1.29, 1.82) is 0 Å². The number of amides is 1. The van der Waals surface area contributed by atoms with Gasteiger partial charge in [0.1, 0.15) is 22.3 Å². The van der Waals surface area contributed by atoms with Crippen LogP contribution in [-0.4, -0.2) is 45.5 Å². The van der Waals surface area contributed by atoms with Crippen LogP contribution in [0.15, 0.2) is 53.4 Å². The molecule has 1 heterocycles. The van der Waals surface area contributed by atoms with Gasteiger partial charge in [-0.1, -0.05) is 18.2 Å². The second kappa shape index (κ2) is 9.32. The average molecular weight is 424 g/mol. The van der Waals surface area contributed by atoms with E-state index in [2.05, 4.69) is 4.72 Å². The second-order valence-electron chi connectivity index (χ2n) is 6.85. The minimum Gasteiger partial charge on any atom is -0.484 e. The molecule has 0 atom stereocenters. The highest BCUT2D eigenvalue weighted by molar-refractivity contribution is 7.89. The molecule has 0 spiro atoms. The van der Waals surface area contributed by atoms with E-state index in [9.17, 15) is 22.0 Å². The normalized spacial score (nSPS) is 15.3. The zero-order chi connectivity index (χ0) is 20.9. The van der Waals surface area contributed by atoms with Crippen molar-refractivity contribution in [3.8, 4) is 5.75 Å². The number of likely N-dealkylation sites (tertiary alicyclic amines) is 1. The first-order chi connectivity index (χ1) is 13.8. The standard InChI is InChI=1S/C20H22F2N2O4S/c21-16-6-7-18(22)19(12-16)29(26,27)23-13-15-8-10-24(11-9-15)20(25)14-28-17-4-2-1-3-5-17/h1-7,12,15,23H,8-11,13-14H2. The van der Waals surface area contributed by atoms with Gasteiger partial charge in [-0.25, -0.2) is 21.9 Å². The number of nitrogens with one attached hydrogen (secondary N) is 1. The zero-order valence-corrected chi connectivity index (χ0v) is 16.5. The molecule has 1 saturated heterocycles. The van der Waals surface area contributed by atoms with Crippen molar-refractivity contribution >= 4 is 15.9 Å². The quantitative estimate of drug-likeness (QED) is 0.741. The third kappa shape index (κ3) is 5.74. The zero-order valence-electron chi connectivity index (χ0n) is 15.7. The van der Waals surface area contributed by atoms with Crippen LogP contribution in [0.3, 0.4) is 0 Å². The van der Waals surface area contributed by atoms with E-state index in [-0.39, 0.29) is 25.0 Å². The van der Waals surface area contributed by atoms with Crippen molar-refractivity contribution in [2.24, 2.45) is 5.92 Å². The Morgan fingerprint density at radius 3 is 2.48 bits per heavy atom. The number of para-hydroxylation sites is 1. The first kappa shape index (κ1) is 21.2. The fraction of sp³-hybridized carbons (Fsp3) is 0.350. The number of hydrogen-bond acceptors (Lipinski definition) is 4. The SMILES string of the molecule is O=C(COc1ccccc1)N1CCC(CNS(=O)(=O)c2cc(F)ccc2F)CC1.